The molecule has 1 fully saturated rings. The van der Waals surface area contributed by atoms with Crippen LogP contribution in [-0.4, -0.2) is 32.2 Å². The van der Waals surface area contributed by atoms with Crippen molar-refractivity contribution in [2.24, 2.45) is 5.92 Å². The van der Waals surface area contributed by atoms with E-state index >= 15 is 0 Å². The molecule has 0 N–H and O–H groups in total. The summed E-state index contributed by atoms with van der Waals surface area (Å²) >= 11 is 0. The number of fused-ring (bicyclic) bond motifs is 4. The van der Waals surface area contributed by atoms with E-state index in [1.165, 1.54) is 63.5 Å². The molecule has 6 nitrogen and oxygen atoms in total. The fourth-order valence-electron chi connectivity index (χ4n) is 4.14. The van der Waals surface area contributed by atoms with Gasteiger partial charge in [0, 0.05) is 29.2 Å². The molecule has 0 aromatic carbocycles. The first-order valence-electron chi connectivity index (χ1n) is 11.1. The van der Waals surface area contributed by atoms with Crippen LogP contribution in [0.4, 0.5) is 0 Å². The number of carbonyl (C=O) groups excluding carboxylic acids is 4. The molecule has 0 radical (unpaired) electrons. The minimum atomic E-state index is -0.481. The summed E-state index contributed by atoms with van der Waals surface area (Å²) in [6.45, 7) is 2.23. The highest BCUT2D eigenvalue weighted by molar-refractivity contribution is 8.75. The average molecular weight is 451 g/mol. The van der Waals surface area contributed by atoms with Crippen molar-refractivity contribution in [1.29, 1.82) is 0 Å². The van der Waals surface area contributed by atoms with Gasteiger partial charge in [-0.3, -0.25) is 19.2 Å². The Labute approximate surface area is 186 Å². The van der Waals surface area contributed by atoms with Gasteiger partial charge >= 0.3 is 0 Å². The number of nitrogens with zero attached hydrogens (tertiary/aromatic N) is 2. The highest BCUT2D eigenvalue weighted by Crippen LogP contribution is 2.44. The normalized spacial score (nSPS) is 19.2. The molecule has 0 aromatic heterocycles. The first-order chi connectivity index (χ1) is 14.5. The van der Waals surface area contributed by atoms with Crippen molar-refractivity contribution in [2.45, 2.75) is 84.0 Å². The minimum Gasteiger partial charge on any atom is -0.268 e. The Morgan fingerprint density at radius 1 is 0.667 bits per heavy atom. The van der Waals surface area contributed by atoms with Gasteiger partial charge in [0.1, 0.15) is 0 Å². The molecule has 4 amide bonds. The molecule has 164 valence electrons. The van der Waals surface area contributed by atoms with Crippen LogP contribution in [0.3, 0.4) is 0 Å². The molecule has 3 aliphatic heterocycles. The number of carbonyl (C=O) groups is 4. The molecule has 0 aliphatic carbocycles. The maximum atomic E-state index is 12.7. The van der Waals surface area contributed by atoms with Gasteiger partial charge in [0.05, 0.1) is 22.0 Å². The van der Waals surface area contributed by atoms with Gasteiger partial charge in [-0.15, -0.1) is 0 Å². The number of unbranched alkanes of at least 4 members (excludes halogenated alkanes) is 10. The molecule has 1 saturated heterocycles. The van der Waals surface area contributed by atoms with E-state index in [4.69, 9.17) is 0 Å². The molecule has 8 heteroatoms. The van der Waals surface area contributed by atoms with Crippen LogP contribution < -0.4 is 0 Å². The third-order valence-corrected chi connectivity index (χ3v) is 8.00. The predicted octanol–water partition coefficient (Wildman–Crippen LogP) is 5.12. The van der Waals surface area contributed by atoms with Gasteiger partial charge in [-0.05, 0) is 6.42 Å². The Morgan fingerprint density at radius 2 is 1.07 bits per heavy atom. The predicted molar refractivity (Wildman–Crippen MR) is 120 cm³/mol. The fourth-order valence-corrected chi connectivity index (χ4v) is 6.12. The molecule has 0 saturated carbocycles. The summed E-state index contributed by atoms with van der Waals surface area (Å²) in [5.41, 5.74) is 0.688. The molecule has 4 bridgehead atoms. The van der Waals surface area contributed by atoms with Crippen LogP contribution in [0.25, 0.3) is 0 Å². The van der Waals surface area contributed by atoms with E-state index < -0.39 is 5.92 Å². The van der Waals surface area contributed by atoms with E-state index in [9.17, 15) is 19.2 Å². The number of amides is 4. The molecule has 30 heavy (non-hydrogen) atoms. The maximum Gasteiger partial charge on any atom is 0.268 e. The standard InChI is InChI=1S/C22H30N2O4S2/c1-2-3-4-5-6-7-8-9-10-11-12-13-16-17-14-19(25)23(21(17)27)29-30-24-20(26)15-18(16)22(24)28/h14-16H,2-13H2,1H3. The zero-order chi connectivity index (χ0) is 21.5. The first-order valence-corrected chi connectivity index (χ1v) is 13.2. The number of hydrogen-bond acceptors (Lipinski definition) is 6. The highest BCUT2D eigenvalue weighted by atomic mass is 33.1. The van der Waals surface area contributed by atoms with E-state index in [-0.39, 0.29) is 23.6 Å². The molecule has 3 aliphatic rings. The Hall–Kier alpha value is -1.54. The number of hydrogen-bond donors (Lipinski definition) is 0. The van der Waals surface area contributed by atoms with Crippen molar-refractivity contribution < 1.29 is 19.2 Å². The van der Waals surface area contributed by atoms with Crippen molar-refractivity contribution in [3.05, 3.63) is 23.3 Å². The van der Waals surface area contributed by atoms with Gasteiger partial charge in [-0.1, -0.05) is 77.6 Å². The van der Waals surface area contributed by atoms with E-state index in [2.05, 4.69) is 6.92 Å². The van der Waals surface area contributed by atoms with Crippen molar-refractivity contribution in [3.8, 4) is 0 Å². The third-order valence-electron chi connectivity index (χ3n) is 5.85. The lowest BCUT2D eigenvalue weighted by Crippen LogP contribution is -2.25. The number of rotatable bonds is 12. The number of imide groups is 2. The van der Waals surface area contributed by atoms with Crippen molar-refractivity contribution >= 4 is 45.6 Å². The first kappa shape index (κ1) is 23.1. The average Bonchev–Trinajstić information content (AvgIpc) is 3.16. The van der Waals surface area contributed by atoms with Gasteiger partial charge in [0.2, 0.25) is 0 Å². The Kier molecular flexibility index (Phi) is 8.62. The van der Waals surface area contributed by atoms with Crippen molar-refractivity contribution in [3.63, 3.8) is 0 Å². The minimum absolute atomic E-state index is 0.344. The largest absolute Gasteiger partial charge is 0.268 e. The van der Waals surface area contributed by atoms with E-state index in [0.717, 1.165) is 49.8 Å². The monoisotopic (exact) mass is 450 g/mol. The second-order valence-electron chi connectivity index (χ2n) is 8.10. The second kappa shape index (κ2) is 11.2. The van der Waals surface area contributed by atoms with Gasteiger partial charge < -0.3 is 0 Å². The summed E-state index contributed by atoms with van der Waals surface area (Å²) in [6, 6.07) is 0. The van der Waals surface area contributed by atoms with Crippen LogP contribution in [0.5, 0.6) is 0 Å². The van der Waals surface area contributed by atoms with Crippen LogP contribution in [0.1, 0.15) is 84.0 Å². The molecular weight excluding hydrogens is 420 g/mol. The lowest BCUT2D eigenvalue weighted by molar-refractivity contribution is -0.132. The fraction of sp³-hybridized carbons (Fsp3) is 0.636. The van der Waals surface area contributed by atoms with Gasteiger partial charge in [0.15, 0.2) is 0 Å². The maximum absolute atomic E-state index is 12.7. The molecular formula is C22H30N2O4S2. The zero-order valence-electron chi connectivity index (χ0n) is 17.6. The molecule has 3 heterocycles. The van der Waals surface area contributed by atoms with Gasteiger partial charge in [-0.25, -0.2) is 8.61 Å². The highest BCUT2D eigenvalue weighted by Gasteiger charge is 2.45. The van der Waals surface area contributed by atoms with Crippen LogP contribution in [-0.2, 0) is 19.2 Å². The van der Waals surface area contributed by atoms with E-state index in [1.54, 1.807) is 0 Å². The summed E-state index contributed by atoms with van der Waals surface area (Å²) in [6.07, 6.45) is 16.7. The Balaban J connectivity index is 1.48. The summed E-state index contributed by atoms with van der Waals surface area (Å²) in [7, 11) is 1.67. The molecule has 0 atom stereocenters. The molecule has 3 rings (SSSR count). The lowest BCUT2D eigenvalue weighted by Gasteiger charge is -2.17. The Morgan fingerprint density at radius 3 is 1.50 bits per heavy atom. The van der Waals surface area contributed by atoms with Gasteiger partial charge in [0.25, 0.3) is 23.6 Å². The quantitative estimate of drug-likeness (QED) is 0.178. The zero-order valence-corrected chi connectivity index (χ0v) is 19.2. The van der Waals surface area contributed by atoms with Crippen LogP contribution >= 0.6 is 22.0 Å². The second-order valence-corrected chi connectivity index (χ2v) is 10.0. The molecule has 0 spiro atoms. The van der Waals surface area contributed by atoms with Crippen molar-refractivity contribution in [2.75, 3.05) is 0 Å². The SMILES string of the molecule is CCCCCCCCCCCCCC1C2=CC(=O)N(SSN3C(=O)C=C1C3=O)C2=O. The molecule has 0 aromatic rings. The molecule has 0 unspecified atom stereocenters. The van der Waals surface area contributed by atoms with Crippen LogP contribution in [0.15, 0.2) is 23.3 Å². The van der Waals surface area contributed by atoms with E-state index in [0.29, 0.717) is 17.6 Å². The van der Waals surface area contributed by atoms with Gasteiger partial charge in [-0.2, -0.15) is 0 Å². The summed E-state index contributed by atoms with van der Waals surface area (Å²) in [5, 5.41) is 0. The topological polar surface area (TPSA) is 74.8 Å². The summed E-state index contributed by atoms with van der Waals surface area (Å²) < 4.78 is 2.07. The third kappa shape index (κ3) is 5.38. The summed E-state index contributed by atoms with van der Waals surface area (Å²) in [4.78, 5) is 49.7. The van der Waals surface area contributed by atoms with E-state index in [1.807, 2.05) is 0 Å². The lowest BCUT2D eigenvalue weighted by atomic mass is 9.86. The Bertz CT molecular complexity index is 712. The summed E-state index contributed by atoms with van der Waals surface area (Å²) in [5.74, 6) is -1.98. The van der Waals surface area contributed by atoms with Crippen molar-refractivity contribution in [1.82, 2.24) is 8.61 Å². The van der Waals surface area contributed by atoms with Crippen LogP contribution in [0.2, 0.25) is 0 Å². The smallest absolute Gasteiger partial charge is 0.268 e. The van der Waals surface area contributed by atoms with Crippen LogP contribution in [0, 0.1) is 5.92 Å².